The van der Waals surface area contributed by atoms with Crippen LogP contribution in [0.3, 0.4) is 0 Å². The molecule has 1 rings (SSSR count). The molecule has 2 heteroatoms. The number of carbonyl (C=O) groups excluding carboxylic acids is 1. The van der Waals surface area contributed by atoms with Crippen molar-refractivity contribution < 1.29 is 4.79 Å². The molecule has 1 aliphatic heterocycles. The first-order chi connectivity index (χ1) is 3.72. The summed E-state index contributed by atoms with van der Waals surface area (Å²) in [6, 6.07) is 0.475. The molecule has 1 aliphatic rings. The molecular weight excluding hydrogens is 114 g/mol. The predicted octanol–water partition coefficient (Wildman–Crippen LogP) is 1.26. The number of amides is 1. The van der Waals surface area contributed by atoms with Gasteiger partial charge in [0, 0.05) is 19.5 Å². The molecule has 0 radical (unpaired) electrons. The highest BCUT2D eigenvalue weighted by molar-refractivity contribution is 5.78. The number of hydrogen-bond donors (Lipinski definition) is 0. The van der Waals surface area contributed by atoms with Gasteiger partial charge in [0.25, 0.3) is 0 Å². The average Bonchev–Trinajstić information content (AvgIpc) is 1.98. The molecule has 0 aliphatic carbocycles. The molecule has 0 saturated carbocycles. The van der Waals surface area contributed by atoms with E-state index in [0.29, 0.717) is 6.04 Å². The summed E-state index contributed by atoms with van der Waals surface area (Å²) in [4.78, 5) is 12.5. The quantitative estimate of drug-likeness (QED) is 0.482. The zero-order valence-electron chi connectivity index (χ0n) is 5.35. The minimum Gasteiger partial charge on any atom is -0.343 e. The zero-order chi connectivity index (χ0) is 6.15. The Balaban J connectivity index is 0.000000640. The molecule has 1 fully saturated rings. The smallest absolute Gasteiger partial charge is 0.222 e. The molecule has 54 valence electrons. The second-order valence-electron chi connectivity index (χ2n) is 2.39. The number of likely N-dealkylation sites (tertiary alicyclic amines) is 1. The summed E-state index contributed by atoms with van der Waals surface area (Å²) in [5.74, 6) is 0.289. The maximum Gasteiger partial charge on any atom is 0.222 e. The van der Waals surface area contributed by atoms with E-state index in [1.807, 2.05) is 7.05 Å². The Morgan fingerprint density at radius 3 is 2.33 bits per heavy atom. The highest BCUT2D eigenvalue weighted by Gasteiger charge is 2.22. The SMILES string of the molecule is C.CC1CCC(=O)N1C. The van der Waals surface area contributed by atoms with Gasteiger partial charge in [-0.3, -0.25) is 4.79 Å². The third-order valence-electron chi connectivity index (χ3n) is 1.83. The first kappa shape index (κ1) is 8.47. The van der Waals surface area contributed by atoms with Gasteiger partial charge in [-0.25, -0.2) is 0 Å². The van der Waals surface area contributed by atoms with Crippen molar-refractivity contribution >= 4 is 5.91 Å². The normalized spacial score (nSPS) is 26.2. The van der Waals surface area contributed by atoms with E-state index in [1.165, 1.54) is 0 Å². The molecule has 1 atom stereocenters. The number of rotatable bonds is 0. The molecule has 1 unspecified atom stereocenters. The van der Waals surface area contributed by atoms with Gasteiger partial charge in [0.15, 0.2) is 0 Å². The lowest BCUT2D eigenvalue weighted by molar-refractivity contribution is -0.127. The number of nitrogens with zero attached hydrogens (tertiary/aromatic N) is 1. The zero-order valence-corrected chi connectivity index (χ0v) is 5.35. The lowest BCUT2D eigenvalue weighted by Crippen LogP contribution is -2.25. The first-order valence-corrected chi connectivity index (χ1v) is 2.97. The molecular formula is C7H15NO. The minimum atomic E-state index is 0. The molecule has 0 bridgehead atoms. The van der Waals surface area contributed by atoms with Crippen LogP contribution in [0.25, 0.3) is 0 Å². The average molecular weight is 129 g/mol. The van der Waals surface area contributed by atoms with Crippen LogP contribution in [-0.4, -0.2) is 23.9 Å². The predicted molar refractivity (Wildman–Crippen MR) is 38.2 cm³/mol. The van der Waals surface area contributed by atoms with E-state index >= 15 is 0 Å². The third kappa shape index (κ3) is 1.44. The minimum absolute atomic E-state index is 0. The van der Waals surface area contributed by atoms with E-state index in [9.17, 15) is 4.79 Å². The molecule has 0 aromatic heterocycles. The van der Waals surface area contributed by atoms with Crippen molar-refractivity contribution in [2.24, 2.45) is 0 Å². The van der Waals surface area contributed by atoms with Gasteiger partial charge in [-0.15, -0.1) is 0 Å². The van der Waals surface area contributed by atoms with E-state index in [2.05, 4.69) is 6.92 Å². The van der Waals surface area contributed by atoms with E-state index < -0.39 is 0 Å². The van der Waals surface area contributed by atoms with Crippen molar-refractivity contribution in [2.75, 3.05) is 7.05 Å². The van der Waals surface area contributed by atoms with Gasteiger partial charge < -0.3 is 4.90 Å². The van der Waals surface area contributed by atoms with E-state index in [-0.39, 0.29) is 13.3 Å². The van der Waals surface area contributed by atoms with E-state index in [0.717, 1.165) is 12.8 Å². The molecule has 0 N–H and O–H groups in total. The van der Waals surface area contributed by atoms with Crippen LogP contribution in [0.1, 0.15) is 27.2 Å². The van der Waals surface area contributed by atoms with E-state index in [1.54, 1.807) is 4.90 Å². The Hall–Kier alpha value is -0.530. The van der Waals surface area contributed by atoms with Gasteiger partial charge in [-0.2, -0.15) is 0 Å². The van der Waals surface area contributed by atoms with Crippen LogP contribution >= 0.6 is 0 Å². The Kier molecular flexibility index (Phi) is 2.68. The van der Waals surface area contributed by atoms with Crippen LogP contribution in [0.2, 0.25) is 0 Å². The molecule has 2 nitrogen and oxygen atoms in total. The maximum absolute atomic E-state index is 10.7. The Labute approximate surface area is 56.9 Å². The lowest BCUT2D eigenvalue weighted by atomic mass is 10.2. The lowest BCUT2D eigenvalue weighted by Gasteiger charge is -2.13. The summed E-state index contributed by atoms with van der Waals surface area (Å²) < 4.78 is 0. The molecule has 1 heterocycles. The monoisotopic (exact) mass is 129 g/mol. The second kappa shape index (κ2) is 2.85. The van der Waals surface area contributed by atoms with Crippen molar-refractivity contribution in [3.05, 3.63) is 0 Å². The van der Waals surface area contributed by atoms with Crippen molar-refractivity contribution in [1.82, 2.24) is 4.90 Å². The van der Waals surface area contributed by atoms with Crippen LogP contribution in [0.15, 0.2) is 0 Å². The summed E-state index contributed by atoms with van der Waals surface area (Å²) in [6.45, 7) is 2.07. The van der Waals surface area contributed by atoms with Crippen LogP contribution in [0.4, 0.5) is 0 Å². The van der Waals surface area contributed by atoms with Crippen molar-refractivity contribution in [1.29, 1.82) is 0 Å². The van der Waals surface area contributed by atoms with Gasteiger partial charge in [0.1, 0.15) is 0 Å². The van der Waals surface area contributed by atoms with Gasteiger partial charge in [-0.05, 0) is 13.3 Å². The Bertz CT molecular complexity index is 111. The summed E-state index contributed by atoms with van der Waals surface area (Å²) in [6.07, 6.45) is 1.78. The molecule has 1 amide bonds. The summed E-state index contributed by atoms with van der Waals surface area (Å²) in [5.41, 5.74) is 0. The fourth-order valence-corrected chi connectivity index (χ4v) is 0.948. The van der Waals surface area contributed by atoms with Crippen molar-refractivity contribution in [2.45, 2.75) is 33.2 Å². The molecule has 1 saturated heterocycles. The van der Waals surface area contributed by atoms with Crippen LogP contribution in [0.5, 0.6) is 0 Å². The van der Waals surface area contributed by atoms with Crippen molar-refractivity contribution in [3.8, 4) is 0 Å². The highest BCUT2D eigenvalue weighted by atomic mass is 16.2. The van der Waals surface area contributed by atoms with E-state index in [4.69, 9.17) is 0 Å². The van der Waals surface area contributed by atoms with Crippen LogP contribution in [-0.2, 0) is 4.79 Å². The molecule has 0 aromatic rings. The molecule has 0 spiro atoms. The van der Waals surface area contributed by atoms with Crippen LogP contribution < -0.4 is 0 Å². The van der Waals surface area contributed by atoms with Crippen LogP contribution in [0, 0.1) is 0 Å². The first-order valence-electron chi connectivity index (χ1n) is 2.97. The summed E-state index contributed by atoms with van der Waals surface area (Å²) in [7, 11) is 1.86. The highest BCUT2D eigenvalue weighted by Crippen LogP contribution is 2.14. The maximum atomic E-state index is 10.7. The third-order valence-corrected chi connectivity index (χ3v) is 1.83. The second-order valence-corrected chi connectivity index (χ2v) is 2.39. The largest absolute Gasteiger partial charge is 0.343 e. The van der Waals surface area contributed by atoms with Crippen molar-refractivity contribution in [3.63, 3.8) is 0 Å². The topological polar surface area (TPSA) is 20.3 Å². The summed E-state index contributed by atoms with van der Waals surface area (Å²) in [5, 5.41) is 0. The Morgan fingerprint density at radius 1 is 1.67 bits per heavy atom. The number of hydrogen-bond acceptors (Lipinski definition) is 1. The number of carbonyl (C=O) groups is 1. The molecule has 0 aromatic carbocycles. The van der Waals surface area contributed by atoms with Gasteiger partial charge in [0.2, 0.25) is 5.91 Å². The fourth-order valence-electron chi connectivity index (χ4n) is 0.948. The van der Waals surface area contributed by atoms with Gasteiger partial charge in [-0.1, -0.05) is 7.43 Å². The van der Waals surface area contributed by atoms with Gasteiger partial charge >= 0.3 is 0 Å². The standard InChI is InChI=1S/C6H11NO.CH4/c1-5-3-4-6(8)7(5)2;/h5H,3-4H2,1-2H3;1H4. The summed E-state index contributed by atoms with van der Waals surface area (Å²) >= 11 is 0. The fraction of sp³-hybridized carbons (Fsp3) is 0.857. The molecule has 9 heavy (non-hydrogen) atoms. The van der Waals surface area contributed by atoms with Gasteiger partial charge in [0.05, 0.1) is 0 Å². The Morgan fingerprint density at radius 2 is 2.22 bits per heavy atom.